The summed E-state index contributed by atoms with van der Waals surface area (Å²) in [6, 6.07) is 9.34. The number of nitro benzene ring substituents is 2. The van der Waals surface area contributed by atoms with Gasteiger partial charge in [-0.2, -0.15) is 0 Å². The van der Waals surface area contributed by atoms with Crippen LogP contribution in [0.2, 0.25) is 0 Å². The Morgan fingerprint density at radius 2 is 1.32 bits per heavy atom. The highest BCUT2D eigenvalue weighted by Crippen LogP contribution is 2.29. The number of hydrogen-bond acceptors (Lipinski definition) is 8. The molecule has 0 atom stereocenters. The Morgan fingerprint density at radius 1 is 0.824 bits per heavy atom. The van der Waals surface area contributed by atoms with Crippen LogP contribution in [0, 0.1) is 34.1 Å². The van der Waals surface area contributed by atoms with Crippen LogP contribution in [0.15, 0.2) is 48.5 Å². The van der Waals surface area contributed by atoms with E-state index in [9.17, 15) is 40.0 Å². The minimum atomic E-state index is -0.837. The molecule has 0 fully saturated rings. The monoisotopic (exact) mass is 465 g/mol. The van der Waals surface area contributed by atoms with Crippen molar-refractivity contribution in [1.82, 2.24) is 0 Å². The molecule has 0 aliphatic heterocycles. The third-order valence-corrected chi connectivity index (χ3v) is 5.25. The number of carbonyl (C=O) groups is 2. The van der Waals surface area contributed by atoms with Gasteiger partial charge in [-0.1, -0.05) is 6.07 Å². The summed E-state index contributed by atoms with van der Waals surface area (Å²) in [5.74, 6) is -2.35. The summed E-state index contributed by atoms with van der Waals surface area (Å²) >= 11 is 0. The first-order valence-corrected chi connectivity index (χ1v) is 9.87. The molecule has 11 heteroatoms. The van der Waals surface area contributed by atoms with Gasteiger partial charge >= 0.3 is 0 Å². The number of hydrogen-bond donors (Lipinski definition) is 3. The van der Waals surface area contributed by atoms with Crippen LogP contribution in [0.4, 0.5) is 17.1 Å². The van der Waals surface area contributed by atoms with E-state index in [2.05, 4.69) is 5.32 Å². The summed E-state index contributed by atoms with van der Waals surface area (Å²) in [5.41, 5.74) is 0.780. The molecule has 0 aliphatic carbocycles. The molecule has 1 amide bonds. The Hall–Kier alpha value is -4.80. The van der Waals surface area contributed by atoms with Gasteiger partial charge in [-0.25, -0.2) is 0 Å². The summed E-state index contributed by atoms with van der Waals surface area (Å²) < 4.78 is 0. The maximum atomic E-state index is 12.9. The molecule has 0 radical (unpaired) electrons. The number of aromatic hydroxyl groups is 2. The summed E-state index contributed by atoms with van der Waals surface area (Å²) in [7, 11) is 0. The predicted molar refractivity (Wildman–Crippen MR) is 121 cm³/mol. The average molecular weight is 465 g/mol. The van der Waals surface area contributed by atoms with Gasteiger partial charge in [0.15, 0.2) is 5.78 Å². The maximum Gasteiger partial charge on any atom is 0.270 e. The van der Waals surface area contributed by atoms with E-state index in [1.807, 2.05) is 0 Å². The van der Waals surface area contributed by atoms with Crippen LogP contribution in [0.3, 0.4) is 0 Å². The van der Waals surface area contributed by atoms with Crippen molar-refractivity contribution in [3.63, 3.8) is 0 Å². The third-order valence-electron chi connectivity index (χ3n) is 5.25. The van der Waals surface area contributed by atoms with Gasteiger partial charge in [0.2, 0.25) is 0 Å². The molecular formula is C23H19N3O8. The number of phenolic OH excluding ortho intramolecular Hbond substituents is 2. The smallest absolute Gasteiger partial charge is 0.270 e. The number of nitrogens with one attached hydrogen (secondary N) is 1. The third kappa shape index (κ3) is 4.99. The van der Waals surface area contributed by atoms with E-state index in [1.165, 1.54) is 0 Å². The quantitative estimate of drug-likeness (QED) is 0.264. The minimum Gasteiger partial charge on any atom is -0.507 e. The lowest BCUT2D eigenvalue weighted by atomic mass is 9.96. The van der Waals surface area contributed by atoms with Crippen molar-refractivity contribution in [2.45, 2.75) is 20.3 Å². The topological polar surface area (TPSA) is 173 Å². The van der Waals surface area contributed by atoms with E-state index in [0.29, 0.717) is 5.56 Å². The number of carbonyl (C=O) groups excluding carboxylic acids is 2. The first kappa shape index (κ1) is 23.9. The van der Waals surface area contributed by atoms with Crippen molar-refractivity contribution < 1.29 is 29.6 Å². The molecule has 0 bridgehead atoms. The van der Waals surface area contributed by atoms with Crippen LogP contribution in [-0.4, -0.2) is 31.8 Å². The van der Waals surface area contributed by atoms with Crippen LogP contribution < -0.4 is 5.32 Å². The standard InChI is InChI=1S/C23H19N3O8/c1-12-7-14(9-22(29)17-10-15(25(31)32)3-5-20(17)27)19(8-13(12)2)24-23(30)18-11-16(26(33)34)4-6-21(18)28/h3-8,10-11,27-28H,9H2,1-2H3,(H,24,30). The second-order valence-corrected chi connectivity index (χ2v) is 7.56. The lowest BCUT2D eigenvalue weighted by molar-refractivity contribution is -0.385. The van der Waals surface area contributed by atoms with E-state index in [1.54, 1.807) is 26.0 Å². The zero-order chi connectivity index (χ0) is 25.2. The van der Waals surface area contributed by atoms with E-state index in [4.69, 9.17) is 0 Å². The van der Waals surface area contributed by atoms with Gasteiger partial charge in [0.05, 0.1) is 21.0 Å². The molecule has 3 aromatic rings. The van der Waals surface area contributed by atoms with E-state index >= 15 is 0 Å². The second-order valence-electron chi connectivity index (χ2n) is 7.56. The van der Waals surface area contributed by atoms with Crippen molar-refractivity contribution in [3.8, 4) is 11.5 Å². The summed E-state index contributed by atoms with van der Waals surface area (Å²) in [5, 5.41) is 44.7. The van der Waals surface area contributed by atoms with E-state index in [0.717, 1.165) is 47.5 Å². The Morgan fingerprint density at radius 3 is 1.88 bits per heavy atom. The average Bonchev–Trinajstić information content (AvgIpc) is 2.77. The predicted octanol–water partition coefficient (Wildman–Crippen LogP) is 4.21. The van der Waals surface area contributed by atoms with Gasteiger partial charge in [0.25, 0.3) is 17.3 Å². The van der Waals surface area contributed by atoms with E-state index in [-0.39, 0.29) is 34.6 Å². The minimum absolute atomic E-state index is 0.206. The number of anilines is 1. The number of non-ortho nitro benzene ring substituents is 2. The van der Waals surface area contributed by atoms with Crippen LogP contribution in [-0.2, 0) is 6.42 Å². The molecule has 3 rings (SSSR count). The van der Waals surface area contributed by atoms with Crippen molar-refractivity contribution in [3.05, 3.63) is 96.6 Å². The van der Waals surface area contributed by atoms with Crippen molar-refractivity contribution in [2.24, 2.45) is 0 Å². The van der Waals surface area contributed by atoms with Crippen molar-refractivity contribution in [2.75, 3.05) is 5.32 Å². The summed E-state index contributed by atoms with van der Waals surface area (Å²) in [6.45, 7) is 3.56. The number of nitrogens with zero attached hydrogens (tertiary/aromatic N) is 2. The zero-order valence-corrected chi connectivity index (χ0v) is 18.1. The van der Waals surface area contributed by atoms with E-state index < -0.39 is 33.0 Å². The highest BCUT2D eigenvalue weighted by Gasteiger charge is 2.21. The molecule has 0 heterocycles. The molecule has 3 aromatic carbocycles. The van der Waals surface area contributed by atoms with Crippen LogP contribution >= 0.6 is 0 Å². The number of Topliss-reactive ketones (excluding diaryl/α,β-unsaturated/α-hetero) is 1. The number of ketones is 1. The molecule has 0 spiro atoms. The van der Waals surface area contributed by atoms with Crippen LogP contribution in [0.5, 0.6) is 11.5 Å². The highest BCUT2D eigenvalue weighted by molar-refractivity contribution is 6.08. The maximum absolute atomic E-state index is 12.9. The molecule has 0 aromatic heterocycles. The molecule has 11 nitrogen and oxygen atoms in total. The SMILES string of the molecule is Cc1cc(CC(=O)c2cc([N+](=O)[O-])ccc2O)c(NC(=O)c2cc([N+](=O)[O-])ccc2O)cc1C. The normalized spacial score (nSPS) is 10.5. The van der Waals surface area contributed by atoms with Crippen LogP contribution in [0.1, 0.15) is 37.4 Å². The van der Waals surface area contributed by atoms with Crippen LogP contribution in [0.25, 0.3) is 0 Å². The van der Waals surface area contributed by atoms with Gasteiger partial charge < -0.3 is 15.5 Å². The summed E-state index contributed by atoms with van der Waals surface area (Å²) in [4.78, 5) is 46.3. The Labute approximate surface area is 192 Å². The Balaban J connectivity index is 1.97. The number of benzene rings is 3. The van der Waals surface area contributed by atoms with Crippen molar-refractivity contribution >= 4 is 28.8 Å². The molecule has 174 valence electrons. The van der Waals surface area contributed by atoms with Crippen molar-refractivity contribution in [1.29, 1.82) is 0 Å². The van der Waals surface area contributed by atoms with Gasteiger partial charge in [-0.3, -0.25) is 29.8 Å². The molecule has 0 unspecified atom stereocenters. The number of aryl methyl sites for hydroxylation is 2. The Kier molecular flexibility index (Phi) is 6.57. The Bertz CT molecular complexity index is 1250. The number of phenols is 2. The van der Waals surface area contributed by atoms with Gasteiger partial charge in [0, 0.05) is 36.4 Å². The summed E-state index contributed by atoms with van der Waals surface area (Å²) in [6.07, 6.45) is -0.313. The lowest BCUT2D eigenvalue weighted by Gasteiger charge is -2.15. The zero-order valence-electron chi connectivity index (χ0n) is 18.1. The fourth-order valence-electron chi connectivity index (χ4n) is 3.28. The molecule has 34 heavy (non-hydrogen) atoms. The molecule has 0 saturated heterocycles. The van der Waals surface area contributed by atoms with Gasteiger partial charge in [0.1, 0.15) is 11.5 Å². The molecular weight excluding hydrogens is 446 g/mol. The fraction of sp³-hybridized carbons (Fsp3) is 0.130. The first-order chi connectivity index (χ1) is 16.0. The fourth-order valence-corrected chi connectivity index (χ4v) is 3.28. The number of amides is 1. The largest absolute Gasteiger partial charge is 0.507 e. The van der Waals surface area contributed by atoms with Gasteiger partial charge in [-0.15, -0.1) is 0 Å². The molecule has 0 saturated carbocycles. The van der Waals surface area contributed by atoms with Gasteiger partial charge in [-0.05, 0) is 48.7 Å². The first-order valence-electron chi connectivity index (χ1n) is 9.87. The molecule has 0 aliphatic rings. The lowest BCUT2D eigenvalue weighted by Crippen LogP contribution is -2.16. The second kappa shape index (κ2) is 9.36. The number of rotatable bonds is 7. The highest BCUT2D eigenvalue weighted by atomic mass is 16.6. The molecule has 3 N–H and O–H groups in total. The number of nitro groups is 2.